The van der Waals surface area contributed by atoms with E-state index in [4.69, 9.17) is 9.97 Å². The van der Waals surface area contributed by atoms with Gasteiger partial charge in [-0.05, 0) is 50.5 Å². The van der Waals surface area contributed by atoms with E-state index in [1.54, 1.807) is 6.33 Å². The van der Waals surface area contributed by atoms with Gasteiger partial charge in [-0.2, -0.15) is 0 Å². The number of aromatic nitrogens is 5. The number of Topliss-reactive ketones (excluding diaryl/α,β-unsaturated/α-hetero) is 1. The van der Waals surface area contributed by atoms with Crippen molar-refractivity contribution >= 4 is 56.0 Å². The molecule has 4 heterocycles. The largest absolute Gasteiger partial charge is 0.336 e. The van der Waals surface area contributed by atoms with Crippen molar-refractivity contribution in [3.63, 3.8) is 0 Å². The Morgan fingerprint density at radius 3 is 2.61 bits per heavy atom. The van der Waals surface area contributed by atoms with Gasteiger partial charge in [0.2, 0.25) is 5.91 Å². The number of fused-ring (bicyclic) bond motifs is 4. The van der Waals surface area contributed by atoms with Gasteiger partial charge < -0.3 is 19.4 Å². The summed E-state index contributed by atoms with van der Waals surface area (Å²) in [7, 11) is 1.98. The van der Waals surface area contributed by atoms with E-state index in [1.165, 1.54) is 11.3 Å². The molecule has 0 aromatic carbocycles. The van der Waals surface area contributed by atoms with Crippen molar-refractivity contribution in [2.24, 2.45) is 12.5 Å². The molecule has 4 aromatic heterocycles. The van der Waals surface area contributed by atoms with Crippen LogP contribution in [-0.2, 0) is 31.2 Å². The standard InChI is InChI=1S/C28H33N7O2S/c1-5-34-17(11-21(37)35(15-6-7-15)16-8-9-16)10-18-23-22(29-14-33(23)4)25(31-26(18)34)32-27-30-19-12-28(2,3)13-20(36)24(19)38-27/h10,14-16H,5-9,11-13H2,1-4H3,(H,30,31,32). The fraction of sp³-hybridized carbons (Fsp3) is 0.536. The van der Waals surface area contributed by atoms with Crippen LogP contribution in [0.1, 0.15) is 73.9 Å². The van der Waals surface area contributed by atoms with Crippen molar-refractivity contribution in [3.8, 4) is 0 Å². The summed E-state index contributed by atoms with van der Waals surface area (Å²) < 4.78 is 4.16. The Bertz CT molecular complexity index is 1610. The van der Waals surface area contributed by atoms with Crippen molar-refractivity contribution in [2.75, 3.05) is 5.32 Å². The fourth-order valence-electron chi connectivity index (χ4n) is 6.08. The molecule has 0 atom stereocenters. The van der Waals surface area contributed by atoms with Gasteiger partial charge in [0.25, 0.3) is 0 Å². The van der Waals surface area contributed by atoms with Gasteiger partial charge in [0.05, 0.1) is 28.8 Å². The van der Waals surface area contributed by atoms with Gasteiger partial charge >= 0.3 is 0 Å². The number of hydrogen-bond acceptors (Lipinski definition) is 7. The average molecular weight is 532 g/mol. The minimum Gasteiger partial charge on any atom is -0.336 e. The van der Waals surface area contributed by atoms with E-state index in [-0.39, 0.29) is 17.1 Å². The molecule has 0 saturated heterocycles. The number of ketones is 1. The smallest absolute Gasteiger partial charge is 0.229 e. The van der Waals surface area contributed by atoms with Gasteiger partial charge in [0.1, 0.15) is 11.2 Å². The number of thiazole rings is 1. The number of nitrogens with zero attached hydrogens (tertiary/aromatic N) is 6. The molecule has 198 valence electrons. The highest BCUT2D eigenvalue weighted by Crippen LogP contribution is 2.41. The zero-order chi connectivity index (χ0) is 26.3. The predicted octanol–water partition coefficient (Wildman–Crippen LogP) is 4.99. The Morgan fingerprint density at radius 2 is 1.92 bits per heavy atom. The SMILES string of the molecule is CCn1c(CC(=O)N(C2CC2)C2CC2)cc2c3c(ncn3C)c(Nc3nc4c(s3)C(=O)CC(C)(C)C4)nc21. The van der Waals surface area contributed by atoms with Crippen LogP contribution in [-0.4, -0.2) is 52.8 Å². The summed E-state index contributed by atoms with van der Waals surface area (Å²) in [5.74, 6) is 1.01. The number of pyridine rings is 1. The van der Waals surface area contributed by atoms with Crippen molar-refractivity contribution in [3.05, 3.63) is 28.7 Å². The molecule has 1 N–H and O–H groups in total. The Hall–Kier alpha value is -3.27. The second-order valence-corrected chi connectivity index (χ2v) is 12.9. The first kappa shape index (κ1) is 23.8. The molecule has 10 heteroatoms. The molecule has 1 amide bonds. The molecule has 0 aliphatic heterocycles. The summed E-state index contributed by atoms with van der Waals surface area (Å²) in [5, 5.41) is 5.06. The quantitative estimate of drug-likeness (QED) is 0.361. The summed E-state index contributed by atoms with van der Waals surface area (Å²) in [4.78, 5) is 43.6. The Labute approximate surface area is 225 Å². The number of amides is 1. The van der Waals surface area contributed by atoms with Crippen LogP contribution in [0.25, 0.3) is 22.1 Å². The Morgan fingerprint density at radius 1 is 1.18 bits per heavy atom. The van der Waals surface area contributed by atoms with Gasteiger partial charge in [0, 0.05) is 43.2 Å². The van der Waals surface area contributed by atoms with Crippen molar-refractivity contribution in [1.82, 2.24) is 29.0 Å². The molecular formula is C28H33N7O2S. The molecule has 0 spiro atoms. The normalized spacial score (nSPS) is 18.8. The number of rotatable bonds is 7. The zero-order valence-electron chi connectivity index (χ0n) is 22.4. The van der Waals surface area contributed by atoms with Crippen LogP contribution in [0.5, 0.6) is 0 Å². The second kappa shape index (κ2) is 8.36. The Balaban J connectivity index is 1.28. The number of aryl methyl sites for hydroxylation is 2. The first-order valence-corrected chi connectivity index (χ1v) is 14.5. The topological polar surface area (TPSA) is 97.9 Å². The van der Waals surface area contributed by atoms with E-state index in [0.717, 1.165) is 70.4 Å². The van der Waals surface area contributed by atoms with E-state index in [9.17, 15) is 9.59 Å². The zero-order valence-corrected chi connectivity index (χ0v) is 23.2. The first-order valence-electron chi connectivity index (χ1n) is 13.7. The van der Waals surface area contributed by atoms with Crippen LogP contribution in [0, 0.1) is 5.41 Å². The molecule has 3 aliphatic carbocycles. The van der Waals surface area contributed by atoms with E-state index < -0.39 is 0 Å². The number of carbonyl (C=O) groups excluding carboxylic acids is 2. The molecular weight excluding hydrogens is 498 g/mol. The molecule has 0 radical (unpaired) electrons. The molecule has 7 rings (SSSR count). The Kier molecular flexibility index (Phi) is 5.24. The third kappa shape index (κ3) is 3.92. The fourth-order valence-corrected chi connectivity index (χ4v) is 7.00. The molecule has 38 heavy (non-hydrogen) atoms. The molecule has 2 saturated carbocycles. The second-order valence-electron chi connectivity index (χ2n) is 11.9. The molecule has 0 bridgehead atoms. The molecule has 0 unspecified atom stereocenters. The van der Waals surface area contributed by atoms with E-state index in [0.29, 0.717) is 42.4 Å². The van der Waals surface area contributed by atoms with Crippen LogP contribution in [0.15, 0.2) is 12.4 Å². The average Bonchev–Trinajstić information content (AvgIpc) is 3.76. The maximum absolute atomic E-state index is 13.4. The van der Waals surface area contributed by atoms with Crippen LogP contribution in [0.2, 0.25) is 0 Å². The van der Waals surface area contributed by atoms with E-state index >= 15 is 0 Å². The highest BCUT2D eigenvalue weighted by Gasteiger charge is 2.42. The number of imidazole rings is 1. The van der Waals surface area contributed by atoms with Crippen LogP contribution in [0.4, 0.5) is 10.9 Å². The lowest BCUT2D eigenvalue weighted by atomic mass is 9.78. The molecule has 4 aromatic rings. The highest BCUT2D eigenvalue weighted by molar-refractivity contribution is 7.17. The number of nitrogens with one attached hydrogen (secondary N) is 1. The predicted molar refractivity (Wildman–Crippen MR) is 148 cm³/mol. The number of carbonyl (C=O) groups is 2. The minimum absolute atomic E-state index is 0.0782. The molecule has 9 nitrogen and oxygen atoms in total. The summed E-state index contributed by atoms with van der Waals surface area (Å²) in [6.45, 7) is 7.03. The molecule has 2 fully saturated rings. The van der Waals surface area contributed by atoms with Crippen molar-refractivity contribution < 1.29 is 9.59 Å². The summed E-state index contributed by atoms with van der Waals surface area (Å²) in [6.07, 6.45) is 8.04. The van der Waals surface area contributed by atoms with Gasteiger partial charge in [-0.15, -0.1) is 0 Å². The van der Waals surface area contributed by atoms with Crippen LogP contribution < -0.4 is 5.32 Å². The van der Waals surface area contributed by atoms with Gasteiger partial charge in [-0.3, -0.25) is 9.59 Å². The minimum atomic E-state index is -0.0782. The van der Waals surface area contributed by atoms with Crippen molar-refractivity contribution in [1.29, 1.82) is 0 Å². The van der Waals surface area contributed by atoms with Gasteiger partial charge in [-0.25, -0.2) is 15.0 Å². The lowest BCUT2D eigenvalue weighted by Crippen LogP contribution is -2.36. The van der Waals surface area contributed by atoms with E-state index in [1.807, 2.05) is 11.6 Å². The highest BCUT2D eigenvalue weighted by atomic mass is 32.1. The first-order chi connectivity index (χ1) is 18.2. The summed E-state index contributed by atoms with van der Waals surface area (Å²) in [6, 6.07) is 3.00. The van der Waals surface area contributed by atoms with Gasteiger partial charge in [0.15, 0.2) is 16.7 Å². The maximum atomic E-state index is 13.4. The number of anilines is 2. The number of hydrogen-bond donors (Lipinski definition) is 1. The monoisotopic (exact) mass is 531 g/mol. The third-order valence-corrected chi connectivity index (χ3v) is 9.12. The van der Waals surface area contributed by atoms with Gasteiger partial charge in [-0.1, -0.05) is 25.2 Å². The van der Waals surface area contributed by atoms with Crippen LogP contribution >= 0.6 is 11.3 Å². The lowest BCUT2D eigenvalue weighted by Gasteiger charge is -2.26. The van der Waals surface area contributed by atoms with E-state index in [2.05, 4.69) is 46.6 Å². The molecule has 3 aliphatic rings. The maximum Gasteiger partial charge on any atom is 0.229 e. The lowest BCUT2D eigenvalue weighted by molar-refractivity contribution is -0.131. The summed E-state index contributed by atoms with van der Waals surface area (Å²) in [5.41, 5.74) is 4.33. The van der Waals surface area contributed by atoms with Crippen LogP contribution in [0.3, 0.4) is 0 Å². The third-order valence-electron chi connectivity index (χ3n) is 8.07. The van der Waals surface area contributed by atoms with Crippen molar-refractivity contribution in [2.45, 2.75) is 84.3 Å². The summed E-state index contributed by atoms with van der Waals surface area (Å²) >= 11 is 1.40.